The molecular weight excluding hydrogens is 731 g/mol. The molecule has 0 aromatic carbocycles. The van der Waals surface area contributed by atoms with Crippen LogP contribution in [-0.4, -0.2) is 163 Å². The smallest absolute Gasteiger partial charge is 0.326 e. The van der Waals surface area contributed by atoms with Crippen LogP contribution in [0, 0.1) is 0 Å². The van der Waals surface area contributed by atoms with Crippen molar-refractivity contribution in [3.8, 4) is 0 Å². The Morgan fingerprint density at radius 3 is 1.06 bits per heavy atom. The van der Waals surface area contributed by atoms with Gasteiger partial charge in [0.25, 0.3) is 6.47 Å². The lowest BCUT2D eigenvalue weighted by atomic mass is 10.2. The van der Waals surface area contributed by atoms with Gasteiger partial charge in [-0.15, -0.1) is 24.8 Å². The highest BCUT2D eigenvalue weighted by Crippen LogP contribution is 2.04. The lowest BCUT2D eigenvalue weighted by Gasteiger charge is -2.24. The Morgan fingerprint density at radius 1 is 0.615 bits per heavy atom. The lowest BCUT2D eigenvalue weighted by molar-refractivity contribution is -0.153. The van der Waals surface area contributed by atoms with Gasteiger partial charge in [0.05, 0.1) is 38.1 Å². The van der Waals surface area contributed by atoms with Crippen molar-refractivity contribution in [2.24, 2.45) is 11.5 Å². The molecule has 320 valence electrons. The molecule has 52 heavy (non-hydrogen) atoms. The Balaban J connectivity index is -0.0000000793. The molecule has 0 spiro atoms. The zero-order valence-corrected chi connectivity index (χ0v) is 34.4. The van der Waals surface area contributed by atoms with E-state index in [9.17, 15) is 29.4 Å². The first-order chi connectivity index (χ1) is 22.7. The van der Waals surface area contributed by atoms with Crippen molar-refractivity contribution in [1.82, 2.24) is 9.80 Å². The Bertz CT molecular complexity index is 745. The van der Waals surface area contributed by atoms with Gasteiger partial charge in [0.1, 0.15) is 24.2 Å². The van der Waals surface area contributed by atoms with Gasteiger partial charge < -0.3 is 50.2 Å². The number of hydrogen-bond donors (Lipinski definition) is 7. The van der Waals surface area contributed by atoms with Crippen LogP contribution in [0.2, 0.25) is 0 Å². The van der Waals surface area contributed by atoms with E-state index in [0.29, 0.717) is 26.4 Å². The minimum atomic E-state index is -0.915. The molecule has 9 N–H and O–H groups in total. The first kappa shape index (κ1) is 68.1. The second-order valence-corrected chi connectivity index (χ2v) is 11.2. The Kier molecular flexibility index (Phi) is 59.3. The van der Waals surface area contributed by atoms with Gasteiger partial charge in [0.15, 0.2) is 6.23 Å². The van der Waals surface area contributed by atoms with Gasteiger partial charge in [0.2, 0.25) is 0 Å². The number of halogens is 2. The van der Waals surface area contributed by atoms with Crippen molar-refractivity contribution in [3.63, 3.8) is 0 Å². The topological polar surface area (TPSA) is 265 Å². The molecule has 17 nitrogen and oxygen atoms in total. The van der Waals surface area contributed by atoms with E-state index in [1.165, 1.54) is 13.8 Å². The molecule has 0 saturated carbocycles. The average molecular weight is 808 g/mol. The summed E-state index contributed by atoms with van der Waals surface area (Å²) in [4.78, 5) is 46.4. The fraction of sp³-hybridized carbons (Fsp3) is 0.879. The van der Waals surface area contributed by atoms with Crippen LogP contribution in [0.5, 0.6) is 0 Å². The third-order valence-corrected chi connectivity index (χ3v) is 5.56. The van der Waals surface area contributed by atoms with Crippen molar-refractivity contribution in [2.45, 2.75) is 137 Å². The summed E-state index contributed by atoms with van der Waals surface area (Å²) in [6.07, 6.45) is -0.735. The molecule has 0 amide bonds. The first-order valence-corrected chi connectivity index (χ1v) is 16.5. The SMILES string of the molecule is C.CC(O)C(N)OC=O.CCCO.CCCOC(=O)C(C(C)O)N(C)C.CCCOC(=O)C(C(C)O)N(C)C.CCCOC(=O)C(N)C(C)O.Cl.Cl. The number of carbonyl (C=O) groups is 4. The van der Waals surface area contributed by atoms with Crippen molar-refractivity contribution >= 4 is 49.2 Å². The largest absolute Gasteiger partial charge is 0.464 e. The van der Waals surface area contributed by atoms with E-state index in [2.05, 4.69) is 4.74 Å². The zero-order chi connectivity index (χ0) is 39.7. The number of aliphatic hydroxyl groups excluding tert-OH is 5. The molecule has 8 atom stereocenters. The first-order valence-electron chi connectivity index (χ1n) is 16.5. The number of rotatable bonds is 18. The summed E-state index contributed by atoms with van der Waals surface area (Å²) < 4.78 is 18.7. The van der Waals surface area contributed by atoms with E-state index in [4.69, 9.17) is 41.0 Å². The molecule has 8 unspecified atom stereocenters. The maximum atomic E-state index is 11.4. The van der Waals surface area contributed by atoms with Crippen LogP contribution < -0.4 is 11.5 Å². The zero-order valence-electron chi connectivity index (χ0n) is 32.7. The maximum Gasteiger partial charge on any atom is 0.326 e. The summed E-state index contributed by atoms with van der Waals surface area (Å²) >= 11 is 0. The summed E-state index contributed by atoms with van der Waals surface area (Å²) in [6, 6.07) is -2.04. The van der Waals surface area contributed by atoms with Gasteiger partial charge >= 0.3 is 17.9 Å². The number of esters is 3. The Hall–Kier alpha value is -1.90. The van der Waals surface area contributed by atoms with Crippen molar-refractivity contribution in [3.05, 3.63) is 0 Å². The van der Waals surface area contributed by atoms with Crippen LogP contribution in [0.4, 0.5) is 0 Å². The second-order valence-electron chi connectivity index (χ2n) is 11.2. The average Bonchev–Trinajstić information content (AvgIpc) is 3.01. The minimum absolute atomic E-state index is 0. The Morgan fingerprint density at radius 2 is 0.904 bits per heavy atom. The number of hydrogen-bond acceptors (Lipinski definition) is 17. The second kappa shape index (κ2) is 45.3. The van der Waals surface area contributed by atoms with Gasteiger partial charge in [-0.3, -0.25) is 34.7 Å². The molecule has 0 radical (unpaired) electrons. The standard InChI is InChI=1S/2C9H19NO3.C7H15NO3.C4H9NO3.C3H8O.CH4.2ClH/c2*1-5-6-13-9(12)8(7(2)11)10(3)4;1-3-4-11-7(10)6(8)5(2)9;1-3(7)4(5)8-2-6;1-2-3-4;;;/h2*7-8,11H,5-6H2,1-4H3;5-6,9H,3-4,8H2,1-2H3;2-4,7H,5H2,1H3;4H,2-3H2,1H3;1H4;2*1H. The van der Waals surface area contributed by atoms with E-state index in [1.54, 1.807) is 51.8 Å². The highest BCUT2D eigenvalue weighted by molar-refractivity contribution is 5.85. The number of likely N-dealkylation sites (N-methyl/N-ethyl adjacent to an activating group) is 2. The molecule has 0 aliphatic carbocycles. The van der Waals surface area contributed by atoms with E-state index in [1.807, 2.05) is 27.7 Å². The predicted octanol–water partition coefficient (Wildman–Crippen LogP) is 0.842. The molecule has 0 aromatic rings. The van der Waals surface area contributed by atoms with Crippen LogP contribution in [0.3, 0.4) is 0 Å². The van der Waals surface area contributed by atoms with Crippen LogP contribution in [-0.2, 0) is 38.1 Å². The molecule has 0 heterocycles. The van der Waals surface area contributed by atoms with Crippen LogP contribution in [0.25, 0.3) is 0 Å². The summed E-state index contributed by atoms with van der Waals surface area (Å²) in [5.41, 5.74) is 10.3. The summed E-state index contributed by atoms with van der Waals surface area (Å²) in [5, 5.41) is 43.9. The third kappa shape index (κ3) is 42.5. The van der Waals surface area contributed by atoms with Crippen LogP contribution >= 0.6 is 24.8 Å². The van der Waals surface area contributed by atoms with Crippen LogP contribution in [0.15, 0.2) is 0 Å². The quantitative estimate of drug-likeness (QED) is 0.0438. The fourth-order valence-electron chi connectivity index (χ4n) is 2.93. The Labute approximate surface area is 325 Å². The molecular formula is C33H76Cl2N4O13. The molecule has 0 aromatic heterocycles. The third-order valence-electron chi connectivity index (χ3n) is 5.56. The molecule has 0 aliphatic heterocycles. The van der Waals surface area contributed by atoms with Gasteiger partial charge in [0, 0.05) is 6.61 Å². The maximum absolute atomic E-state index is 11.4. The minimum Gasteiger partial charge on any atom is -0.464 e. The van der Waals surface area contributed by atoms with Gasteiger partial charge in [-0.25, -0.2) is 0 Å². The summed E-state index contributed by atoms with van der Waals surface area (Å²) in [6.45, 7) is 15.5. The number of nitrogens with two attached hydrogens (primary N) is 2. The highest BCUT2D eigenvalue weighted by atomic mass is 35.5. The number of carbonyl (C=O) groups excluding carboxylic acids is 4. The van der Waals surface area contributed by atoms with Gasteiger partial charge in [-0.2, -0.15) is 0 Å². The predicted molar refractivity (Wildman–Crippen MR) is 207 cm³/mol. The van der Waals surface area contributed by atoms with Gasteiger partial charge in [-0.1, -0.05) is 35.1 Å². The molecule has 0 fully saturated rings. The molecule has 0 rings (SSSR count). The number of nitrogens with zero attached hydrogens (tertiary/aromatic N) is 2. The van der Waals surface area contributed by atoms with E-state index in [0.717, 1.165) is 25.7 Å². The van der Waals surface area contributed by atoms with Gasteiger partial charge in [-0.05, 0) is 81.6 Å². The summed E-state index contributed by atoms with van der Waals surface area (Å²) in [7, 11) is 6.96. The molecule has 0 bridgehead atoms. The molecule has 19 heteroatoms. The van der Waals surface area contributed by atoms with Crippen molar-refractivity contribution in [2.75, 3.05) is 54.6 Å². The van der Waals surface area contributed by atoms with Crippen molar-refractivity contribution in [1.29, 1.82) is 0 Å². The van der Waals surface area contributed by atoms with E-state index >= 15 is 0 Å². The normalized spacial score (nSPS) is 14.2. The van der Waals surface area contributed by atoms with Crippen molar-refractivity contribution < 1.29 is 63.7 Å². The highest BCUT2D eigenvalue weighted by Gasteiger charge is 2.28. The van der Waals surface area contributed by atoms with E-state index < -0.39 is 54.7 Å². The monoisotopic (exact) mass is 806 g/mol. The lowest BCUT2D eigenvalue weighted by Crippen LogP contribution is -2.45. The number of ether oxygens (including phenoxy) is 4. The summed E-state index contributed by atoms with van der Waals surface area (Å²) in [5.74, 6) is -1.26. The van der Waals surface area contributed by atoms with Crippen LogP contribution in [0.1, 0.15) is 88.5 Å². The molecule has 0 aliphatic rings. The number of aliphatic hydroxyl groups is 5. The fourth-order valence-corrected chi connectivity index (χ4v) is 2.93. The van der Waals surface area contributed by atoms with E-state index in [-0.39, 0.29) is 50.7 Å². The molecule has 0 saturated heterocycles.